The third-order valence-corrected chi connectivity index (χ3v) is 5.39. The maximum absolute atomic E-state index is 13.4. The van der Waals surface area contributed by atoms with Crippen LogP contribution in [0.2, 0.25) is 5.02 Å². The van der Waals surface area contributed by atoms with Gasteiger partial charge in [0.2, 0.25) is 5.95 Å². The van der Waals surface area contributed by atoms with Crippen LogP contribution >= 0.6 is 11.6 Å². The Hall–Kier alpha value is -3.60. The van der Waals surface area contributed by atoms with Crippen LogP contribution < -0.4 is 16.7 Å². The summed E-state index contributed by atoms with van der Waals surface area (Å²) in [5.74, 6) is -0.902. The van der Waals surface area contributed by atoms with E-state index in [1.165, 1.54) is 33.1 Å². The van der Waals surface area contributed by atoms with E-state index in [4.69, 9.17) is 16.3 Å². The Balaban J connectivity index is 2.12. The van der Waals surface area contributed by atoms with E-state index in [9.17, 15) is 27.6 Å². The summed E-state index contributed by atoms with van der Waals surface area (Å²) >= 11 is 5.92. The smallest absolute Gasteiger partial charge is 0.416 e. The minimum absolute atomic E-state index is 0.0244. The third-order valence-electron chi connectivity index (χ3n) is 5.14. The summed E-state index contributed by atoms with van der Waals surface area (Å²) in [4.78, 5) is 42.1. The first-order chi connectivity index (χ1) is 16.3. The number of anilines is 2. The van der Waals surface area contributed by atoms with Crippen LogP contribution in [0.4, 0.5) is 24.8 Å². The summed E-state index contributed by atoms with van der Waals surface area (Å²) in [5, 5.41) is 3.11. The molecule has 0 spiro atoms. The third kappa shape index (κ3) is 6.10. The summed E-state index contributed by atoms with van der Waals surface area (Å²) in [6.07, 6.45) is -4.59. The fourth-order valence-corrected chi connectivity index (χ4v) is 3.44. The fraction of sp³-hybridized carbons (Fsp3) is 0.304. The average Bonchev–Trinajstić information content (AvgIpc) is 2.79. The van der Waals surface area contributed by atoms with Crippen molar-refractivity contribution >= 4 is 29.2 Å². The Labute approximate surface area is 202 Å². The van der Waals surface area contributed by atoms with Crippen molar-refractivity contribution in [1.82, 2.24) is 14.1 Å². The first-order valence-electron chi connectivity index (χ1n) is 10.3. The predicted molar refractivity (Wildman–Crippen MR) is 124 cm³/mol. The lowest BCUT2D eigenvalue weighted by Gasteiger charge is -2.23. The Morgan fingerprint density at radius 1 is 1.09 bits per heavy atom. The number of nitrogens with one attached hydrogen (secondary N) is 1. The average molecular weight is 511 g/mol. The molecule has 0 fully saturated rings. The van der Waals surface area contributed by atoms with Gasteiger partial charge in [-0.15, -0.1) is 0 Å². The van der Waals surface area contributed by atoms with E-state index >= 15 is 0 Å². The number of halogens is 4. The largest absolute Gasteiger partial charge is 0.469 e. The molecule has 0 radical (unpaired) electrons. The normalized spacial score (nSPS) is 11.9. The molecule has 0 aliphatic heterocycles. The van der Waals surface area contributed by atoms with E-state index in [2.05, 4.69) is 10.3 Å². The standard InChI is InChI=1S/C23H22ClF3N4O4/c1-22(2,18(32)35-3)13-31-20(33)29-19(28-17-6-4-5-15(11-17)23(25,26)27)30(21(31)34)12-14-7-9-16(24)10-8-14/h4-11H,12-13H2,1-3H3,(H,28,29,33). The molecule has 8 nitrogen and oxygen atoms in total. The van der Waals surface area contributed by atoms with Gasteiger partial charge in [-0.1, -0.05) is 29.8 Å². The van der Waals surface area contributed by atoms with Gasteiger partial charge >= 0.3 is 23.5 Å². The Morgan fingerprint density at radius 2 is 1.74 bits per heavy atom. The maximum atomic E-state index is 13.4. The molecule has 1 heterocycles. The molecule has 2 aromatic carbocycles. The second-order valence-corrected chi connectivity index (χ2v) is 8.81. The number of esters is 1. The molecule has 0 aliphatic rings. The van der Waals surface area contributed by atoms with Gasteiger partial charge in [-0.2, -0.15) is 18.2 Å². The van der Waals surface area contributed by atoms with Crippen molar-refractivity contribution in [3.05, 3.63) is 85.6 Å². The molecule has 0 bridgehead atoms. The number of rotatable bonds is 7. The van der Waals surface area contributed by atoms with Crippen LogP contribution in [0.5, 0.6) is 0 Å². The van der Waals surface area contributed by atoms with E-state index in [1.54, 1.807) is 24.3 Å². The van der Waals surface area contributed by atoms with Crippen molar-refractivity contribution in [2.75, 3.05) is 12.4 Å². The van der Waals surface area contributed by atoms with Crippen LogP contribution in [-0.4, -0.2) is 27.2 Å². The van der Waals surface area contributed by atoms with Crippen LogP contribution in [-0.2, 0) is 28.8 Å². The number of hydrogen-bond donors (Lipinski definition) is 1. The van der Waals surface area contributed by atoms with Crippen molar-refractivity contribution in [1.29, 1.82) is 0 Å². The van der Waals surface area contributed by atoms with Crippen LogP contribution in [0.25, 0.3) is 0 Å². The van der Waals surface area contributed by atoms with Gasteiger partial charge in [0.25, 0.3) is 0 Å². The zero-order chi connectivity index (χ0) is 26.0. The van der Waals surface area contributed by atoms with E-state index in [0.717, 1.165) is 21.3 Å². The fourth-order valence-electron chi connectivity index (χ4n) is 3.31. The molecule has 1 aromatic heterocycles. The highest BCUT2D eigenvalue weighted by Gasteiger charge is 2.32. The number of hydrogen-bond acceptors (Lipinski definition) is 6. The molecule has 0 atom stereocenters. The zero-order valence-corrected chi connectivity index (χ0v) is 19.8. The van der Waals surface area contributed by atoms with E-state index in [1.807, 2.05) is 0 Å². The molecule has 0 saturated heterocycles. The van der Waals surface area contributed by atoms with Gasteiger partial charge in [0.1, 0.15) is 0 Å². The van der Waals surface area contributed by atoms with Gasteiger partial charge < -0.3 is 10.1 Å². The van der Waals surface area contributed by atoms with Gasteiger partial charge in [-0.25, -0.2) is 14.2 Å². The highest BCUT2D eigenvalue weighted by atomic mass is 35.5. The second-order valence-electron chi connectivity index (χ2n) is 8.38. The molecular formula is C23H22ClF3N4O4. The molecule has 3 rings (SSSR count). The first-order valence-corrected chi connectivity index (χ1v) is 10.7. The molecule has 35 heavy (non-hydrogen) atoms. The molecule has 0 saturated carbocycles. The van der Waals surface area contributed by atoms with Crippen molar-refractivity contribution < 1.29 is 22.7 Å². The number of carbonyl (C=O) groups excluding carboxylic acids is 1. The minimum Gasteiger partial charge on any atom is -0.469 e. The lowest BCUT2D eigenvalue weighted by atomic mass is 9.94. The highest BCUT2D eigenvalue weighted by molar-refractivity contribution is 6.30. The summed E-state index contributed by atoms with van der Waals surface area (Å²) in [5.41, 5.74) is -3.35. The zero-order valence-electron chi connectivity index (χ0n) is 19.0. The second kappa shape index (κ2) is 9.95. The van der Waals surface area contributed by atoms with Gasteiger partial charge in [-0.3, -0.25) is 9.36 Å². The number of carbonyl (C=O) groups is 1. The van der Waals surface area contributed by atoms with Crippen LogP contribution in [0.15, 0.2) is 58.1 Å². The van der Waals surface area contributed by atoms with Crippen LogP contribution in [0.3, 0.4) is 0 Å². The lowest BCUT2D eigenvalue weighted by Crippen LogP contribution is -2.46. The van der Waals surface area contributed by atoms with Crippen molar-refractivity contribution in [3.63, 3.8) is 0 Å². The molecular weight excluding hydrogens is 489 g/mol. The first kappa shape index (κ1) is 26.0. The lowest BCUT2D eigenvalue weighted by molar-refractivity contribution is -0.151. The summed E-state index contributed by atoms with van der Waals surface area (Å²) < 4.78 is 46.0. The predicted octanol–water partition coefficient (Wildman–Crippen LogP) is 4.07. The van der Waals surface area contributed by atoms with E-state index < -0.39 is 34.5 Å². The van der Waals surface area contributed by atoms with Gasteiger partial charge in [0, 0.05) is 17.3 Å². The molecule has 186 valence electrons. The molecule has 12 heteroatoms. The number of benzene rings is 2. The molecule has 1 N–H and O–H groups in total. The monoisotopic (exact) mass is 510 g/mol. The highest BCUT2D eigenvalue weighted by Crippen LogP contribution is 2.31. The number of alkyl halides is 3. The molecule has 0 amide bonds. The number of methoxy groups -OCH3 is 1. The van der Waals surface area contributed by atoms with E-state index in [0.29, 0.717) is 10.6 Å². The van der Waals surface area contributed by atoms with Crippen molar-refractivity contribution in [2.45, 2.75) is 33.1 Å². The quantitative estimate of drug-likeness (QED) is 0.481. The summed E-state index contributed by atoms with van der Waals surface area (Å²) in [7, 11) is 1.19. The Morgan fingerprint density at radius 3 is 2.34 bits per heavy atom. The van der Waals surface area contributed by atoms with Crippen LogP contribution in [0.1, 0.15) is 25.0 Å². The van der Waals surface area contributed by atoms with Crippen LogP contribution in [0, 0.1) is 5.41 Å². The number of nitrogens with zero attached hydrogens (tertiary/aromatic N) is 3. The Bertz CT molecular complexity index is 1350. The topological polar surface area (TPSA) is 95.2 Å². The van der Waals surface area contributed by atoms with Crippen molar-refractivity contribution in [3.8, 4) is 0 Å². The SMILES string of the molecule is COC(=O)C(C)(C)Cn1c(=O)nc(Nc2cccc(C(F)(F)F)c2)n(Cc2ccc(Cl)cc2)c1=O. The molecule has 3 aromatic rings. The van der Waals surface area contributed by atoms with Gasteiger partial charge in [-0.05, 0) is 49.7 Å². The Kier molecular flexibility index (Phi) is 7.39. The van der Waals surface area contributed by atoms with Gasteiger partial charge in [0.05, 0.1) is 24.6 Å². The summed E-state index contributed by atoms with van der Waals surface area (Å²) in [6.45, 7) is 2.60. The maximum Gasteiger partial charge on any atom is 0.416 e. The molecule has 0 aliphatic carbocycles. The minimum atomic E-state index is -4.59. The van der Waals surface area contributed by atoms with Gasteiger partial charge in [0.15, 0.2) is 0 Å². The number of aromatic nitrogens is 3. The van der Waals surface area contributed by atoms with E-state index in [-0.39, 0.29) is 24.7 Å². The molecule has 0 unspecified atom stereocenters. The summed E-state index contributed by atoms with van der Waals surface area (Å²) in [6, 6.07) is 10.8. The van der Waals surface area contributed by atoms with Crippen molar-refractivity contribution in [2.24, 2.45) is 5.41 Å². The number of ether oxygens (including phenoxy) is 1.